The Morgan fingerprint density at radius 2 is 1.69 bits per heavy atom. The van der Waals surface area contributed by atoms with Crippen molar-refractivity contribution in [2.75, 3.05) is 11.0 Å². The average molecular weight is 890 g/mol. The van der Waals surface area contributed by atoms with Crippen LogP contribution in [-0.2, 0) is 46.9 Å². The van der Waals surface area contributed by atoms with Gasteiger partial charge in [-0.1, -0.05) is 18.1 Å². The summed E-state index contributed by atoms with van der Waals surface area (Å²) in [6, 6.07) is 4.93. The molecule has 11 nitrogen and oxygen atoms in total. The molecule has 3 aromatic heterocycles. The van der Waals surface area contributed by atoms with Crippen LogP contribution in [0, 0.1) is 29.4 Å². The van der Waals surface area contributed by atoms with Crippen LogP contribution in [0.5, 0.6) is 0 Å². The largest absolute Gasteiger partial charge is 0.435 e. The summed E-state index contributed by atoms with van der Waals surface area (Å²) in [5.74, 6) is -6.18. The Bertz CT molecular complexity index is 2760. The van der Waals surface area contributed by atoms with Crippen molar-refractivity contribution in [3.05, 3.63) is 93.6 Å². The number of anilines is 1. The van der Waals surface area contributed by atoms with Crippen LogP contribution in [0.25, 0.3) is 22.0 Å². The maximum Gasteiger partial charge on any atom is 0.435 e. The number of halogens is 11. The van der Waals surface area contributed by atoms with Gasteiger partial charge in [-0.15, -0.1) is 0 Å². The number of pyridine rings is 1. The summed E-state index contributed by atoms with van der Waals surface area (Å²) >= 11 is 0. The highest BCUT2D eigenvalue weighted by atomic mass is 32.2. The predicted octanol–water partition coefficient (Wildman–Crippen LogP) is 7.11. The lowest BCUT2D eigenvalue weighted by Crippen LogP contribution is -2.35. The molecule has 2 aliphatic rings. The molecule has 61 heavy (non-hydrogen) atoms. The molecule has 0 saturated heterocycles. The highest BCUT2D eigenvalue weighted by Crippen LogP contribution is 2.68. The molecular weight excluding hydrogens is 860 g/mol. The van der Waals surface area contributed by atoms with Crippen molar-refractivity contribution in [2.45, 2.75) is 68.8 Å². The van der Waals surface area contributed by atoms with E-state index >= 15 is 8.78 Å². The Labute approximate surface area is 338 Å². The van der Waals surface area contributed by atoms with Crippen LogP contribution < -0.4 is 10.0 Å². The first-order chi connectivity index (χ1) is 28.3. The fraction of sp³-hybridized carbons (Fsp3) is 0.368. The molecule has 23 heteroatoms. The van der Waals surface area contributed by atoms with E-state index < -0.39 is 123 Å². The van der Waals surface area contributed by atoms with Crippen LogP contribution in [0.2, 0.25) is 0 Å². The molecule has 1 amide bonds. The monoisotopic (exact) mass is 889 g/mol. The van der Waals surface area contributed by atoms with E-state index in [4.69, 9.17) is 0 Å². The van der Waals surface area contributed by atoms with Crippen LogP contribution in [0.3, 0.4) is 0 Å². The molecule has 0 spiro atoms. The highest BCUT2D eigenvalue weighted by Gasteiger charge is 2.68. The van der Waals surface area contributed by atoms with Gasteiger partial charge < -0.3 is 10.4 Å². The van der Waals surface area contributed by atoms with Crippen molar-refractivity contribution in [1.82, 2.24) is 29.9 Å². The number of carbonyl (C=O) groups is 1. The average Bonchev–Trinajstić information content (AvgIpc) is 3.68. The molecule has 4 atom stereocenters. The molecule has 0 radical (unpaired) electrons. The van der Waals surface area contributed by atoms with E-state index in [0.717, 1.165) is 41.3 Å². The number of alkyl halides is 9. The van der Waals surface area contributed by atoms with Gasteiger partial charge in [0.1, 0.15) is 29.6 Å². The molecule has 3 N–H and O–H groups in total. The first-order valence-corrected chi connectivity index (χ1v) is 19.8. The number of aromatic nitrogens is 5. The number of nitrogens with zero attached hydrogens (tertiary/aromatic N) is 5. The zero-order valence-electron chi connectivity index (χ0n) is 31.5. The Balaban J connectivity index is 1.42. The minimum Gasteiger partial charge on any atom is -0.372 e. The van der Waals surface area contributed by atoms with Gasteiger partial charge in [0.05, 0.1) is 28.9 Å². The lowest BCUT2D eigenvalue weighted by Gasteiger charge is -2.23. The van der Waals surface area contributed by atoms with Crippen molar-refractivity contribution in [1.29, 1.82) is 0 Å². The zero-order valence-corrected chi connectivity index (χ0v) is 32.3. The van der Waals surface area contributed by atoms with E-state index in [2.05, 4.69) is 31.1 Å². The van der Waals surface area contributed by atoms with E-state index in [1.54, 1.807) is 0 Å². The Morgan fingerprint density at radius 3 is 2.30 bits per heavy atom. The summed E-state index contributed by atoms with van der Waals surface area (Å²) in [6.07, 6.45) is -11.9. The smallest absolute Gasteiger partial charge is 0.372 e. The van der Waals surface area contributed by atoms with Gasteiger partial charge in [0.2, 0.25) is 15.9 Å². The molecule has 324 valence electrons. The number of hydrogen-bond donors (Lipinski definition) is 3. The van der Waals surface area contributed by atoms with Crippen LogP contribution in [0.1, 0.15) is 71.2 Å². The Kier molecular flexibility index (Phi) is 10.7. The molecule has 3 heterocycles. The van der Waals surface area contributed by atoms with Gasteiger partial charge >= 0.3 is 6.18 Å². The molecule has 0 bridgehead atoms. The first-order valence-electron chi connectivity index (χ1n) is 17.9. The van der Waals surface area contributed by atoms with Gasteiger partial charge in [-0.05, 0) is 61.4 Å². The fourth-order valence-corrected chi connectivity index (χ4v) is 8.01. The summed E-state index contributed by atoms with van der Waals surface area (Å²) in [6.45, 7) is -0.556. The molecule has 7 rings (SSSR count). The van der Waals surface area contributed by atoms with E-state index in [0.29, 0.717) is 13.0 Å². The molecular formula is C38H30F11N7O4S. The first kappa shape index (κ1) is 43.3. The number of benzene rings is 2. The Hall–Kier alpha value is -5.76. The third kappa shape index (κ3) is 8.34. The van der Waals surface area contributed by atoms with Crippen LogP contribution in [0.15, 0.2) is 42.5 Å². The normalized spacial score (nSPS) is 18.4. The lowest BCUT2D eigenvalue weighted by molar-refractivity contribution is -0.142. The number of aliphatic hydroxyl groups is 1. The second-order valence-corrected chi connectivity index (χ2v) is 16.6. The van der Waals surface area contributed by atoms with E-state index in [9.17, 15) is 57.8 Å². The molecule has 1 saturated carbocycles. The topological polar surface area (TPSA) is 144 Å². The summed E-state index contributed by atoms with van der Waals surface area (Å²) in [5.41, 5.74) is -8.29. The van der Waals surface area contributed by atoms with Gasteiger partial charge in [0.15, 0.2) is 17.1 Å². The van der Waals surface area contributed by atoms with Crippen molar-refractivity contribution < 1.29 is 66.6 Å². The second-order valence-electron chi connectivity index (χ2n) is 14.8. The van der Waals surface area contributed by atoms with E-state index in [1.807, 2.05) is 5.92 Å². The number of fused-ring (bicyclic) bond motifs is 4. The van der Waals surface area contributed by atoms with Crippen molar-refractivity contribution in [3.8, 4) is 23.0 Å². The number of hydrogen-bond acceptors (Lipinski definition) is 7. The second kappa shape index (κ2) is 15.0. The maximum atomic E-state index is 15.4. The predicted molar refractivity (Wildman–Crippen MR) is 194 cm³/mol. The molecule has 1 unspecified atom stereocenters. The molecule has 1 fully saturated rings. The number of sulfonamides is 1. The molecule has 2 aromatic carbocycles. The van der Waals surface area contributed by atoms with Gasteiger partial charge in [-0.25, -0.2) is 39.7 Å². The zero-order chi connectivity index (χ0) is 44.7. The van der Waals surface area contributed by atoms with Crippen molar-refractivity contribution in [2.24, 2.45) is 13.0 Å². The maximum absolute atomic E-state index is 15.4. The van der Waals surface area contributed by atoms with Crippen LogP contribution >= 0.6 is 0 Å². The number of carbonyl (C=O) groups excluding carboxylic acids is 1. The third-order valence-electron chi connectivity index (χ3n) is 10.1. The summed E-state index contributed by atoms with van der Waals surface area (Å²) in [5, 5.41) is 19.6. The van der Waals surface area contributed by atoms with E-state index in [1.165, 1.54) is 13.1 Å². The number of amides is 1. The quantitative estimate of drug-likeness (QED) is 0.0948. The van der Waals surface area contributed by atoms with Crippen molar-refractivity contribution >= 4 is 32.7 Å². The number of aryl methyl sites for hydroxylation is 1. The van der Waals surface area contributed by atoms with Gasteiger partial charge in [-0.2, -0.15) is 32.1 Å². The summed E-state index contributed by atoms with van der Waals surface area (Å²) in [7, 11) is -2.86. The fourth-order valence-electron chi connectivity index (χ4n) is 7.52. The van der Waals surface area contributed by atoms with Crippen LogP contribution in [0.4, 0.5) is 54.1 Å². The Morgan fingerprint density at radius 1 is 1.03 bits per heavy atom. The minimum absolute atomic E-state index is 0.0548. The van der Waals surface area contributed by atoms with E-state index in [-0.39, 0.29) is 44.7 Å². The molecule has 2 aliphatic carbocycles. The summed E-state index contributed by atoms with van der Waals surface area (Å²) in [4.78, 5) is 18.3. The molecule has 5 aromatic rings. The lowest BCUT2D eigenvalue weighted by atomic mass is 9.92. The minimum atomic E-state index is -5.17. The van der Waals surface area contributed by atoms with Gasteiger partial charge in [0.25, 0.3) is 18.8 Å². The van der Waals surface area contributed by atoms with Crippen molar-refractivity contribution in [3.63, 3.8) is 0 Å². The van der Waals surface area contributed by atoms with Gasteiger partial charge in [-0.3, -0.25) is 18.9 Å². The number of rotatable bonds is 11. The molecule has 0 aliphatic heterocycles. The van der Waals surface area contributed by atoms with Gasteiger partial charge in [0, 0.05) is 41.3 Å². The summed E-state index contributed by atoms with van der Waals surface area (Å²) < 4.78 is 186. The third-order valence-corrected chi connectivity index (χ3v) is 10.7. The highest BCUT2D eigenvalue weighted by molar-refractivity contribution is 7.92. The number of nitrogens with one attached hydrogen (secondary N) is 2. The standard InChI is InChI=1S/C38H30F11N7O4S/c1-36(58,35(43)44)9-8-19-4-5-20(21-6-7-22(33(41)42)27-30(21)55(2)53-34(27)54-61(3,59)60)29(50-19)25(12-16-10-17(39)13-18(40)11-16)51-26(57)15-56-32-28(31(52-56)38(47,48)49)23-14-24(23)37(32,45)46/h4-7,10-11,13,23-25,33,35,58H,12,14-15H2,1-3H3,(H,51,57)(H,53,54)/t23-,24+,25-,36?/m0/s1. The van der Waals surface area contributed by atoms with Crippen LogP contribution in [-0.4, -0.2) is 62.3 Å². The SMILES string of the molecule is Cn1nc(NS(C)(=O)=O)c2c(C(F)F)ccc(-c3ccc(C#CC(C)(O)C(F)F)nc3[C@H](Cc3cc(F)cc(F)c3)NC(=O)Cn3nc(C(F)(F)F)c4c3C(F)(F)[C@@H]3C[C@H]43)c21.